The van der Waals surface area contributed by atoms with Gasteiger partial charge in [-0.2, -0.15) is 0 Å². The Hall–Kier alpha value is -1.99. The quantitative estimate of drug-likeness (QED) is 0.840. The first-order chi connectivity index (χ1) is 12.6. The summed E-state index contributed by atoms with van der Waals surface area (Å²) >= 11 is 5.39. The third-order valence-electron chi connectivity index (χ3n) is 5.28. The Kier molecular flexibility index (Phi) is 4.91. The number of benzene rings is 1. The molecule has 26 heavy (non-hydrogen) atoms. The fourth-order valence-electron chi connectivity index (χ4n) is 3.82. The molecule has 0 aliphatic carbocycles. The van der Waals surface area contributed by atoms with Gasteiger partial charge in [0.2, 0.25) is 0 Å². The molecule has 0 bridgehead atoms. The number of nitrogens with zero attached hydrogens (tertiary/aromatic N) is 2. The number of rotatable bonds is 3. The highest BCUT2D eigenvalue weighted by Crippen LogP contribution is 2.17. The molecule has 2 saturated heterocycles. The minimum atomic E-state index is -0.128. The van der Waals surface area contributed by atoms with Crippen molar-refractivity contribution in [3.63, 3.8) is 0 Å². The zero-order valence-electron chi connectivity index (χ0n) is 14.7. The molecule has 4 rings (SSSR count). The standard InChI is InChI=1S/C19H23N3O3S/c23-17(21-8-2-1-3-9-21)13-6-7-15-16(11-13)20-19(26)22(18(15)24)12-14-5-4-10-25-14/h6-7,11,14H,1-5,8-10,12H2,(H,20,26)/t14-/m1/s1. The second kappa shape index (κ2) is 7.32. The number of hydrogen-bond acceptors (Lipinski definition) is 4. The van der Waals surface area contributed by atoms with E-state index >= 15 is 0 Å². The van der Waals surface area contributed by atoms with Gasteiger partial charge in [0.1, 0.15) is 0 Å². The molecular formula is C19H23N3O3S. The third-order valence-corrected chi connectivity index (χ3v) is 5.60. The maximum atomic E-state index is 12.8. The van der Waals surface area contributed by atoms with E-state index in [1.807, 2.05) is 4.90 Å². The van der Waals surface area contributed by atoms with Crippen LogP contribution in [-0.4, -0.2) is 46.2 Å². The molecule has 138 valence electrons. The number of carbonyl (C=O) groups excluding carboxylic acids is 1. The monoisotopic (exact) mass is 373 g/mol. The lowest BCUT2D eigenvalue weighted by Crippen LogP contribution is -2.35. The number of hydrogen-bond donors (Lipinski definition) is 1. The molecule has 1 aromatic heterocycles. The van der Waals surface area contributed by atoms with Crippen LogP contribution in [0.2, 0.25) is 0 Å². The molecule has 0 radical (unpaired) electrons. The fourth-order valence-corrected chi connectivity index (χ4v) is 4.09. The van der Waals surface area contributed by atoms with Crippen molar-refractivity contribution < 1.29 is 9.53 Å². The van der Waals surface area contributed by atoms with E-state index in [0.717, 1.165) is 45.4 Å². The molecular weight excluding hydrogens is 350 g/mol. The summed E-state index contributed by atoms with van der Waals surface area (Å²) in [5.41, 5.74) is 1.09. The van der Waals surface area contributed by atoms with E-state index in [-0.39, 0.29) is 17.6 Å². The van der Waals surface area contributed by atoms with Gasteiger partial charge in [-0.05, 0) is 62.5 Å². The van der Waals surface area contributed by atoms with Gasteiger partial charge < -0.3 is 14.6 Å². The molecule has 1 atom stereocenters. The summed E-state index contributed by atoms with van der Waals surface area (Å²) in [6.45, 7) is 2.82. The van der Waals surface area contributed by atoms with Crippen LogP contribution in [0.1, 0.15) is 42.5 Å². The highest BCUT2D eigenvalue weighted by Gasteiger charge is 2.20. The number of amides is 1. The molecule has 0 unspecified atom stereocenters. The van der Waals surface area contributed by atoms with Crippen molar-refractivity contribution in [1.29, 1.82) is 0 Å². The van der Waals surface area contributed by atoms with Crippen molar-refractivity contribution in [1.82, 2.24) is 14.5 Å². The molecule has 1 amide bonds. The molecule has 2 aliphatic rings. The van der Waals surface area contributed by atoms with Crippen LogP contribution in [0.5, 0.6) is 0 Å². The molecule has 1 N–H and O–H groups in total. The number of H-pyrrole nitrogens is 1. The molecule has 3 heterocycles. The van der Waals surface area contributed by atoms with Gasteiger partial charge in [-0.15, -0.1) is 0 Å². The first-order valence-corrected chi connectivity index (χ1v) is 9.72. The highest BCUT2D eigenvalue weighted by molar-refractivity contribution is 7.71. The van der Waals surface area contributed by atoms with Gasteiger partial charge in [-0.3, -0.25) is 14.2 Å². The predicted octanol–water partition coefficient (Wildman–Crippen LogP) is 2.86. The summed E-state index contributed by atoms with van der Waals surface area (Å²) in [5.74, 6) is 0.0226. The van der Waals surface area contributed by atoms with Gasteiger partial charge in [-0.25, -0.2) is 0 Å². The van der Waals surface area contributed by atoms with Crippen molar-refractivity contribution in [2.75, 3.05) is 19.7 Å². The molecule has 1 aromatic carbocycles. The van der Waals surface area contributed by atoms with Crippen molar-refractivity contribution in [2.45, 2.75) is 44.8 Å². The Morgan fingerprint density at radius 2 is 2.04 bits per heavy atom. The Bertz CT molecular complexity index is 937. The van der Waals surface area contributed by atoms with Crippen LogP contribution < -0.4 is 5.56 Å². The van der Waals surface area contributed by atoms with E-state index in [1.54, 1.807) is 22.8 Å². The maximum absolute atomic E-state index is 12.8. The number of likely N-dealkylation sites (tertiary alicyclic amines) is 1. The zero-order chi connectivity index (χ0) is 18.1. The first-order valence-electron chi connectivity index (χ1n) is 9.31. The lowest BCUT2D eigenvalue weighted by Gasteiger charge is -2.26. The zero-order valence-corrected chi connectivity index (χ0v) is 15.5. The third kappa shape index (κ3) is 3.33. The largest absolute Gasteiger partial charge is 0.376 e. The normalized spacial score (nSPS) is 20.6. The average Bonchev–Trinajstić information content (AvgIpc) is 3.18. The summed E-state index contributed by atoms with van der Waals surface area (Å²) in [6, 6.07) is 5.22. The topological polar surface area (TPSA) is 67.3 Å². The molecule has 2 aliphatic heterocycles. The summed E-state index contributed by atoms with van der Waals surface area (Å²) in [7, 11) is 0. The molecule has 0 spiro atoms. The van der Waals surface area contributed by atoms with Crippen LogP contribution in [0.4, 0.5) is 0 Å². The van der Waals surface area contributed by atoms with Crippen molar-refractivity contribution in [3.8, 4) is 0 Å². The van der Waals surface area contributed by atoms with Crippen LogP contribution in [0.25, 0.3) is 10.9 Å². The lowest BCUT2D eigenvalue weighted by atomic mass is 10.1. The van der Waals surface area contributed by atoms with Gasteiger partial charge in [0.25, 0.3) is 11.5 Å². The number of fused-ring (bicyclic) bond motifs is 1. The van der Waals surface area contributed by atoms with E-state index in [0.29, 0.717) is 27.8 Å². The summed E-state index contributed by atoms with van der Waals surface area (Å²) in [5, 5.41) is 0.548. The Labute approximate surface area is 156 Å². The maximum Gasteiger partial charge on any atom is 0.262 e. The number of nitrogens with one attached hydrogen (secondary N) is 1. The van der Waals surface area contributed by atoms with Crippen molar-refractivity contribution >= 4 is 29.0 Å². The molecule has 6 nitrogen and oxygen atoms in total. The summed E-state index contributed by atoms with van der Waals surface area (Å²) in [6.07, 6.45) is 5.29. The van der Waals surface area contributed by atoms with Gasteiger partial charge >= 0.3 is 0 Å². The average molecular weight is 373 g/mol. The highest BCUT2D eigenvalue weighted by atomic mass is 32.1. The smallest absolute Gasteiger partial charge is 0.262 e. The molecule has 0 saturated carbocycles. The van der Waals surface area contributed by atoms with Crippen LogP contribution in [-0.2, 0) is 11.3 Å². The number of ether oxygens (including phenoxy) is 1. The van der Waals surface area contributed by atoms with Crippen LogP contribution in [0.15, 0.2) is 23.0 Å². The van der Waals surface area contributed by atoms with Crippen molar-refractivity contribution in [3.05, 3.63) is 38.9 Å². The Morgan fingerprint density at radius 1 is 1.23 bits per heavy atom. The van der Waals surface area contributed by atoms with Gasteiger partial charge in [0, 0.05) is 25.3 Å². The molecule has 2 aromatic rings. The predicted molar refractivity (Wildman–Crippen MR) is 102 cm³/mol. The molecule has 7 heteroatoms. The van der Waals surface area contributed by atoms with E-state index in [9.17, 15) is 9.59 Å². The fraction of sp³-hybridized carbons (Fsp3) is 0.526. The van der Waals surface area contributed by atoms with E-state index in [4.69, 9.17) is 17.0 Å². The minimum Gasteiger partial charge on any atom is -0.376 e. The van der Waals surface area contributed by atoms with Gasteiger partial charge in [-0.1, -0.05) is 0 Å². The number of piperidine rings is 1. The SMILES string of the molecule is O=C(c1ccc2c(=O)n(C[C@H]3CCCO3)c(=S)[nH]c2c1)N1CCCCC1. The number of aromatic nitrogens is 2. The summed E-state index contributed by atoms with van der Waals surface area (Å²) in [4.78, 5) is 30.6. The van der Waals surface area contributed by atoms with Crippen molar-refractivity contribution in [2.24, 2.45) is 0 Å². The van der Waals surface area contributed by atoms with E-state index in [2.05, 4.69) is 4.98 Å². The summed E-state index contributed by atoms with van der Waals surface area (Å²) < 4.78 is 7.57. The van der Waals surface area contributed by atoms with Crippen LogP contribution in [0.3, 0.4) is 0 Å². The lowest BCUT2D eigenvalue weighted by molar-refractivity contribution is 0.0724. The first kappa shape index (κ1) is 17.4. The minimum absolute atomic E-state index is 0.0226. The van der Waals surface area contributed by atoms with Gasteiger partial charge in [0.05, 0.1) is 23.6 Å². The molecule has 2 fully saturated rings. The van der Waals surface area contributed by atoms with Crippen LogP contribution >= 0.6 is 12.2 Å². The Balaban J connectivity index is 1.67. The second-order valence-electron chi connectivity index (χ2n) is 7.09. The number of carbonyl (C=O) groups is 1. The Morgan fingerprint density at radius 3 is 2.77 bits per heavy atom. The number of aromatic amines is 1. The van der Waals surface area contributed by atoms with E-state index < -0.39 is 0 Å². The van der Waals surface area contributed by atoms with Crippen LogP contribution in [0, 0.1) is 4.77 Å². The van der Waals surface area contributed by atoms with Gasteiger partial charge in [0.15, 0.2) is 4.77 Å². The second-order valence-corrected chi connectivity index (χ2v) is 7.48. The van der Waals surface area contributed by atoms with E-state index in [1.165, 1.54) is 6.42 Å².